The topological polar surface area (TPSA) is 97.0 Å². The summed E-state index contributed by atoms with van der Waals surface area (Å²) >= 11 is 6.17. The molecule has 2 aliphatic heterocycles. The third-order valence-corrected chi connectivity index (χ3v) is 7.57. The molecule has 0 aliphatic carbocycles. The summed E-state index contributed by atoms with van der Waals surface area (Å²) in [4.78, 5) is 40.3. The smallest absolute Gasteiger partial charge is 0.257 e. The molecule has 3 amide bonds. The number of ether oxygens (including phenoxy) is 2. The van der Waals surface area contributed by atoms with Crippen molar-refractivity contribution in [3.63, 3.8) is 0 Å². The van der Waals surface area contributed by atoms with E-state index in [1.165, 1.54) is 18.2 Å². The quantitative estimate of drug-likeness (QED) is 0.447. The Morgan fingerprint density at radius 3 is 2.70 bits per heavy atom. The molecule has 2 N–H and O–H groups in total. The lowest BCUT2D eigenvalue weighted by Gasteiger charge is -2.42. The minimum Gasteiger partial charge on any atom is -0.490 e. The zero-order chi connectivity index (χ0) is 28.2. The van der Waals surface area contributed by atoms with Crippen LogP contribution in [0.3, 0.4) is 0 Å². The average Bonchev–Trinajstić information content (AvgIpc) is 2.95. The number of benzene rings is 3. The van der Waals surface area contributed by atoms with Crippen LogP contribution in [0.15, 0.2) is 66.7 Å². The van der Waals surface area contributed by atoms with Gasteiger partial charge in [0.1, 0.15) is 24.3 Å². The van der Waals surface area contributed by atoms with E-state index in [0.717, 1.165) is 11.6 Å². The van der Waals surface area contributed by atoms with Crippen molar-refractivity contribution >= 4 is 35.0 Å². The minimum atomic E-state index is -0.514. The highest BCUT2D eigenvalue weighted by atomic mass is 35.5. The lowest BCUT2D eigenvalue weighted by atomic mass is 9.94. The highest BCUT2D eigenvalue weighted by Crippen LogP contribution is 2.32. The van der Waals surface area contributed by atoms with E-state index >= 15 is 0 Å². The van der Waals surface area contributed by atoms with Gasteiger partial charge in [-0.2, -0.15) is 0 Å². The summed E-state index contributed by atoms with van der Waals surface area (Å²) < 4.78 is 25.8. The molecule has 0 radical (unpaired) electrons. The number of rotatable bonds is 6. The second-order valence-electron chi connectivity index (χ2n) is 9.92. The Kier molecular flexibility index (Phi) is 8.32. The Morgan fingerprint density at radius 2 is 1.90 bits per heavy atom. The van der Waals surface area contributed by atoms with Crippen molar-refractivity contribution in [1.82, 2.24) is 10.2 Å². The molecule has 8 nitrogen and oxygen atoms in total. The molecule has 0 spiro atoms. The number of halogens is 2. The number of amides is 3. The second kappa shape index (κ2) is 12.1. The van der Waals surface area contributed by atoms with Crippen molar-refractivity contribution in [2.75, 3.05) is 19.0 Å². The van der Waals surface area contributed by atoms with Gasteiger partial charge in [-0.1, -0.05) is 35.9 Å². The van der Waals surface area contributed by atoms with Crippen molar-refractivity contribution in [1.29, 1.82) is 0 Å². The average molecular weight is 566 g/mol. The zero-order valence-electron chi connectivity index (χ0n) is 21.9. The normalized spacial score (nSPS) is 20.3. The number of carbonyl (C=O) groups excluding carboxylic acids is 3. The lowest BCUT2D eigenvalue weighted by Crippen LogP contribution is -2.53. The second-order valence-corrected chi connectivity index (χ2v) is 10.3. The standard InChI is InChI=1S/C30H29ClFN3O5/c1-35-25-11-10-22(15-28(36)33-16-19-5-2-3-8-24(19)31)40-27(25)17-39-26-12-9-21(14-23(26)30(35)38)34-29(37)18-6-4-7-20(32)13-18/h2-9,12-14,22,25,27H,10-11,15-17H2,1H3,(H,33,36)(H,34,37)/t22-,25-,27-/m1/s1. The van der Waals surface area contributed by atoms with Gasteiger partial charge in [0.15, 0.2) is 0 Å². The fourth-order valence-electron chi connectivity index (χ4n) is 5.05. The van der Waals surface area contributed by atoms with Gasteiger partial charge in [0, 0.05) is 29.9 Å². The van der Waals surface area contributed by atoms with Gasteiger partial charge < -0.3 is 25.0 Å². The first-order chi connectivity index (χ1) is 19.3. The molecule has 1 saturated heterocycles. The lowest BCUT2D eigenvalue weighted by molar-refractivity contribution is -0.134. The SMILES string of the molecule is CN1C(=O)c2cc(NC(=O)c3cccc(F)c3)ccc2OC[C@H]2O[C@@H](CC(=O)NCc3ccccc3Cl)CC[C@H]21. The summed E-state index contributed by atoms with van der Waals surface area (Å²) in [5.41, 5.74) is 1.70. The van der Waals surface area contributed by atoms with Gasteiger partial charge in [-0.25, -0.2) is 4.39 Å². The van der Waals surface area contributed by atoms with Gasteiger partial charge in [0.2, 0.25) is 5.91 Å². The molecule has 5 rings (SSSR count). The molecule has 0 aromatic heterocycles. The van der Waals surface area contributed by atoms with Crippen LogP contribution in [-0.4, -0.2) is 54.5 Å². The largest absolute Gasteiger partial charge is 0.490 e. The van der Waals surface area contributed by atoms with Gasteiger partial charge in [0.05, 0.1) is 24.1 Å². The maximum Gasteiger partial charge on any atom is 0.257 e. The van der Waals surface area contributed by atoms with Crippen LogP contribution in [-0.2, 0) is 16.1 Å². The fraction of sp³-hybridized carbons (Fsp3) is 0.300. The van der Waals surface area contributed by atoms with Gasteiger partial charge in [-0.3, -0.25) is 14.4 Å². The third-order valence-electron chi connectivity index (χ3n) is 7.20. The summed E-state index contributed by atoms with van der Waals surface area (Å²) in [5, 5.41) is 6.20. The summed E-state index contributed by atoms with van der Waals surface area (Å²) in [6.45, 7) is 0.529. The van der Waals surface area contributed by atoms with Crippen molar-refractivity contribution < 1.29 is 28.2 Å². The maximum atomic E-state index is 13.5. The number of carbonyl (C=O) groups is 3. The van der Waals surface area contributed by atoms with Crippen molar-refractivity contribution in [3.05, 3.63) is 94.3 Å². The summed E-state index contributed by atoms with van der Waals surface area (Å²) in [7, 11) is 1.72. The van der Waals surface area contributed by atoms with E-state index in [1.807, 2.05) is 18.2 Å². The summed E-state index contributed by atoms with van der Waals surface area (Å²) in [5.74, 6) is -1.05. The first kappa shape index (κ1) is 27.6. The monoisotopic (exact) mass is 565 g/mol. The number of fused-ring (bicyclic) bond motifs is 2. The van der Waals surface area contributed by atoms with Gasteiger partial charge in [0.25, 0.3) is 11.8 Å². The molecule has 1 fully saturated rings. The molecule has 3 aromatic rings. The Bertz CT molecular complexity index is 1430. The van der Waals surface area contributed by atoms with E-state index in [4.69, 9.17) is 21.1 Å². The predicted molar refractivity (Wildman–Crippen MR) is 148 cm³/mol. The maximum absolute atomic E-state index is 13.5. The number of nitrogens with zero attached hydrogens (tertiary/aromatic N) is 1. The van der Waals surface area contributed by atoms with Gasteiger partial charge in [-0.05, 0) is 60.9 Å². The molecule has 10 heteroatoms. The molecular formula is C30H29ClFN3O5. The minimum absolute atomic E-state index is 0.141. The molecule has 40 heavy (non-hydrogen) atoms. The van der Waals surface area contributed by atoms with E-state index in [0.29, 0.717) is 41.4 Å². The van der Waals surface area contributed by atoms with E-state index in [1.54, 1.807) is 36.2 Å². The van der Waals surface area contributed by atoms with Gasteiger partial charge >= 0.3 is 0 Å². The molecule has 3 atom stereocenters. The van der Waals surface area contributed by atoms with E-state index < -0.39 is 17.8 Å². The van der Waals surface area contributed by atoms with Crippen molar-refractivity contribution in [2.24, 2.45) is 0 Å². The fourth-order valence-corrected chi connectivity index (χ4v) is 5.26. The Hall–Kier alpha value is -3.95. The van der Waals surface area contributed by atoms with Crippen LogP contribution in [0.5, 0.6) is 5.75 Å². The molecule has 0 bridgehead atoms. The van der Waals surface area contributed by atoms with Crippen LogP contribution < -0.4 is 15.4 Å². The van der Waals surface area contributed by atoms with Gasteiger partial charge in [-0.15, -0.1) is 0 Å². The van der Waals surface area contributed by atoms with Crippen LogP contribution in [0.25, 0.3) is 0 Å². The van der Waals surface area contributed by atoms with Crippen molar-refractivity contribution in [2.45, 2.75) is 44.1 Å². The molecule has 3 aromatic carbocycles. The van der Waals surface area contributed by atoms with Crippen LogP contribution in [0, 0.1) is 5.82 Å². The van der Waals surface area contributed by atoms with Crippen LogP contribution >= 0.6 is 11.6 Å². The van der Waals surface area contributed by atoms with E-state index in [2.05, 4.69) is 10.6 Å². The van der Waals surface area contributed by atoms with E-state index in [-0.39, 0.29) is 42.6 Å². The molecule has 208 valence electrons. The predicted octanol–water partition coefficient (Wildman–Crippen LogP) is 4.82. The highest BCUT2D eigenvalue weighted by Gasteiger charge is 2.39. The number of anilines is 1. The van der Waals surface area contributed by atoms with Crippen LogP contribution in [0.4, 0.5) is 10.1 Å². The number of nitrogens with one attached hydrogen (secondary N) is 2. The first-order valence-electron chi connectivity index (χ1n) is 13.0. The molecule has 0 unspecified atom stereocenters. The van der Waals surface area contributed by atoms with Crippen LogP contribution in [0.1, 0.15) is 45.5 Å². The van der Waals surface area contributed by atoms with E-state index in [9.17, 15) is 18.8 Å². The highest BCUT2D eigenvalue weighted by molar-refractivity contribution is 6.31. The summed E-state index contributed by atoms with van der Waals surface area (Å²) in [6.07, 6.45) is 0.721. The first-order valence-corrected chi connectivity index (χ1v) is 13.4. The Balaban J connectivity index is 1.22. The number of hydrogen-bond donors (Lipinski definition) is 2. The molecule has 2 heterocycles. The molecule has 2 aliphatic rings. The Labute approximate surface area is 236 Å². The number of likely N-dealkylation sites (N-methyl/N-ethyl adjacent to an activating group) is 1. The van der Waals surface area contributed by atoms with Crippen LogP contribution in [0.2, 0.25) is 5.02 Å². The Morgan fingerprint density at radius 1 is 1.07 bits per heavy atom. The summed E-state index contributed by atoms with van der Waals surface area (Å²) in [6, 6.07) is 17.3. The number of hydrogen-bond acceptors (Lipinski definition) is 5. The molecule has 0 saturated carbocycles. The molecular weight excluding hydrogens is 537 g/mol. The van der Waals surface area contributed by atoms with Crippen molar-refractivity contribution in [3.8, 4) is 5.75 Å². The zero-order valence-corrected chi connectivity index (χ0v) is 22.6. The third kappa shape index (κ3) is 6.26.